The molecule has 0 unspecified atom stereocenters. The van der Waals surface area contributed by atoms with Gasteiger partial charge in [0.05, 0.1) is 5.60 Å². The topological polar surface area (TPSA) is 35.5 Å². The maximum Gasteiger partial charge on any atom is 0.0591 e. The molecule has 3 heteroatoms. The van der Waals surface area contributed by atoms with Crippen molar-refractivity contribution in [1.82, 2.24) is 5.32 Å². The van der Waals surface area contributed by atoms with E-state index in [-0.39, 0.29) is 0 Å². The lowest BCUT2D eigenvalue weighted by Crippen LogP contribution is -2.45. The Morgan fingerprint density at radius 1 is 1.26 bits per heavy atom. The van der Waals surface area contributed by atoms with E-state index >= 15 is 0 Å². The van der Waals surface area contributed by atoms with Crippen LogP contribution < -0.4 is 10.2 Å². The summed E-state index contributed by atoms with van der Waals surface area (Å²) in [7, 11) is 0. The second kappa shape index (κ2) is 8.16. The van der Waals surface area contributed by atoms with Crippen molar-refractivity contribution in [1.29, 1.82) is 0 Å². The summed E-state index contributed by atoms with van der Waals surface area (Å²) in [5, 5.41) is 13.6. The van der Waals surface area contributed by atoms with Crippen LogP contribution in [0.5, 0.6) is 0 Å². The van der Waals surface area contributed by atoms with Crippen LogP contribution in [0.3, 0.4) is 0 Å². The van der Waals surface area contributed by atoms with E-state index < -0.39 is 5.60 Å². The summed E-state index contributed by atoms with van der Waals surface area (Å²) in [4.78, 5) is 2.52. The number of nitrogens with zero attached hydrogens (tertiary/aromatic N) is 1. The molecule has 1 heterocycles. The molecule has 0 radical (unpaired) electrons. The molecule has 3 nitrogen and oxygen atoms in total. The zero-order chi connectivity index (χ0) is 16.9. The molecule has 130 valence electrons. The molecule has 2 rings (SSSR count). The molecular formula is C20H34N2O. The van der Waals surface area contributed by atoms with Gasteiger partial charge in [-0.3, -0.25) is 0 Å². The van der Waals surface area contributed by atoms with Gasteiger partial charge in [-0.2, -0.15) is 0 Å². The summed E-state index contributed by atoms with van der Waals surface area (Å²) in [6.45, 7) is 10.5. The lowest BCUT2D eigenvalue weighted by atomic mass is 9.98. The Morgan fingerprint density at radius 2 is 1.91 bits per heavy atom. The number of para-hydroxylation sites is 1. The summed E-state index contributed by atoms with van der Waals surface area (Å²) < 4.78 is 0. The van der Waals surface area contributed by atoms with Crippen LogP contribution in [-0.4, -0.2) is 35.9 Å². The molecule has 0 saturated carbocycles. The molecule has 2 N–H and O–H groups in total. The van der Waals surface area contributed by atoms with Crippen molar-refractivity contribution in [3.8, 4) is 0 Å². The number of hydrogen-bond acceptors (Lipinski definition) is 3. The van der Waals surface area contributed by atoms with Gasteiger partial charge in [0.25, 0.3) is 0 Å². The average molecular weight is 319 g/mol. The van der Waals surface area contributed by atoms with E-state index in [9.17, 15) is 5.11 Å². The van der Waals surface area contributed by atoms with E-state index in [1.54, 1.807) is 0 Å². The van der Waals surface area contributed by atoms with Crippen molar-refractivity contribution < 1.29 is 5.11 Å². The SMILES string of the molecule is Cc1ccccc1N1CCC(N[C@H](C)CCCC(C)(C)O)CC1. The minimum Gasteiger partial charge on any atom is -0.390 e. The second-order valence-corrected chi connectivity index (χ2v) is 7.82. The van der Waals surface area contributed by atoms with Crippen LogP contribution in [0.1, 0.15) is 58.4 Å². The zero-order valence-corrected chi connectivity index (χ0v) is 15.3. The van der Waals surface area contributed by atoms with Gasteiger partial charge in [0.1, 0.15) is 0 Å². The van der Waals surface area contributed by atoms with E-state index in [0.29, 0.717) is 12.1 Å². The number of aryl methyl sites for hydroxylation is 1. The molecular weight excluding hydrogens is 284 g/mol. The van der Waals surface area contributed by atoms with Crippen molar-refractivity contribution in [2.75, 3.05) is 18.0 Å². The average Bonchev–Trinajstić information content (AvgIpc) is 2.47. The number of aliphatic hydroxyl groups is 1. The van der Waals surface area contributed by atoms with Crippen LogP contribution in [0.2, 0.25) is 0 Å². The maximum atomic E-state index is 9.79. The number of rotatable bonds is 7. The third-order valence-electron chi connectivity index (χ3n) is 4.90. The van der Waals surface area contributed by atoms with E-state index in [2.05, 4.69) is 48.3 Å². The number of nitrogens with one attached hydrogen (secondary N) is 1. The third kappa shape index (κ3) is 6.15. The minimum absolute atomic E-state index is 0.529. The first-order valence-corrected chi connectivity index (χ1v) is 9.14. The van der Waals surface area contributed by atoms with Gasteiger partial charge in [0, 0.05) is 30.9 Å². The zero-order valence-electron chi connectivity index (χ0n) is 15.3. The van der Waals surface area contributed by atoms with Crippen molar-refractivity contribution in [3.05, 3.63) is 29.8 Å². The van der Waals surface area contributed by atoms with Gasteiger partial charge in [-0.25, -0.2) is 0 Å². The van der Waals surface area contributed by atoms with Crippen LogP contribution in [0, 0.1) is 6.92 Å². The first kappa shape index (κ1) is 18.3. The molecule has 0 aliphatic carbocycles. The van der Waals surface area contributed by atoms with Gasteiger partial charge < -0.3 is 15.3 Å². The van der Waals surface area contributed by atoms with Gasteiger partial charge in [0.15, 0.2) is 0 Å². The molecule has 0 aromatic heterocycles. The molecule has 0 amide bonds. The Morgan fingerprint density at radius 3 is 2.52 bits per heavy atom. The summed E-state index contributed by atoms with van der Waals surface area (Å²) in [6.07, 6.45) is 5.53. The fourth-order valence-electron chi connectivity index (χ4n) is 3.53. The Kier molecular flexibility index (Phi) is 6.49. The minimum atomic E-state index is -0.529. The Hall–Kier alpha value is -1.06. The quantitative estimate of drug-likeness (QED) is 0.801. The highest BCUT2D eigenvalue weighted by molar-refractivity contribution is 5.53. The van der Waals surface area contributed by atoms with Crippen LogP contribution in [0.25, 0.3) is 0 Å². The Labute approximate surface area is 142 Å². The Bertz CT molecular complexity index is 473. The van der Waals surface area contributed by atoms with Crippen LogP contribution in [0.15, 0.2) is 24.3 Å². The summed E-state index contributed by atoms with van der Waals surface area (Å²) in [5.41, 5.74) is 2.24. The largest absolute Gasteiger partial charge is 0.390 e. The highest BCUT2D eigenvalue weighted by atomic mass is 16.3. The molecule has 1 aromatic rings. The second-order valence-electron chi connectivity index (χ2n) is 7.82. The maximum absolute atomic E-state index is 9.79. The molecule has 0 spiro atoms. The first-order valence-electron chi connectivity index (χ1n) is 9.14. The molecule has 1 fully saturated rings. The highest BCUT2D eigenvalue weighted by Crippen LogP contribution is 2.24. The van der Waals surface area contributed by atoms with Gasteiger partial charge in [-0.15, -0.1) is 0 Å². The van der Waals surface area contributed by atoms with Gasteiger partial charge in [0.2, 0.25) is 0 Å². The predicted molar refractivity (Wildman–Crippen MR) is 99.2 cm³/mol. The Balaban J connectivity index is 1.71. The fraction of sp³-hybridized carbons (Fsp3) is 0.700. The first-order chi connectivity index (χ1) is 10.8. The third-order valence-corrected chi connectivity index (χ3v) is 4.90. The summed E-state index contributed by atoms with van der Waals surface area (Å²) in [6, 6.07) is 9.85. The molecule has 1 aliphatic heterocycles. The highest BCUT2D eigenvalue weighted by Gasteiger charge is 2.21. The predicted octanol–water partition coefficient (Wildman–Crippen LogP) is 3.88. The summed E-state index contributed by atoms with van der Waals surface area (Å²) in [5.74, 6) is 0. The molecule has 0 bridgehead atoms. The van der Waals surface area contributed by atoms with E-state index in [1.807, 2.05) is 13.8 Å². The van der Waals surface area contributed by atoms with Gasteiger partial charge in [-0.05, 0) is 71.4 Å². The van der Waals surface area contributed by atoms with Crippen molar-refractivity contribution in [2.24, 2.45) is 0 Å². The van der Waals surface area contributed by atoms with E-state index in [0.717, 1.165) is 32.4 Å². The smallest absolute Gasteiger partial charge is 0.0591 e. The molecule has 1 aliphatic rings. The van der Waals surface area contributed by atoms with Gasteiger partial charge in [-0.1, -0.05) is 18.2 Å². The van der Waals surface area contributed by atoms with Crippen molar-refractivity contribution in [2.45, 2.75) is 77.5 Å². The molecule has 1 aromatic carbocycles. The van der Waals surface area contributed by atoms with Crippen LogP contribution in [0.4, 0.5) is 5.69 Å². The lowest BCUT2D eigenvalue weighted by Gasteiger charge is -2.36. The molecule has 23 heavy (non-hydrogen) atoms. The molecule has 1 saturated heterocycles. The van der Waals surface area contributed by atoms with Crippen LogP contribution >= 0.6 is 0 Å². The number of hydrogen-bond donors (Lipinski definition) is 2. The van der Waals surface area contributed by atoms with E-state index in [1.165, 1.54) is 24.1 Å². The summed E-state index contributed by atoms with van der Waals surface area (Å²) >= 11 is 0. The normalized spacial score (nSPS) is 18.2. The standard InChI is InChI=1S/C20H34N2O/c1-16-8-5-6-10-19(16)22-14-11-18(12-15-22)21-17(2)9-7-13-20(3,4)23/h5-6,8,10,17-18,21,23H,7,9,11-15H2,1-4H3/t17-/m1/s1. The van der Waals surface area contributed by atoms with Crippen LogP contribution in [-0.2, 0) is 0 Å². The number of benzene rings is 1. The number of piperidine rings is 1. The number of anilines is 1. The fourth-order valence-corrected chi connectivity index (χ4v) is 3.53. The van der Waals surface area contributed by atoms with Crippen molar-refractivity contribution >= 4 is 5.69 Å². The lowest BCUT2D eigenvalue weighted by molar-refractivity contribution is 0.0673. The van der Waals surface area contributed by atoms with Gasteiger partial charge >= 0.3 is 0 Å². The monoisotopic (exact) mass is 318 g/mol. The van der Waals surface area contributed by atoms with E-state index in [4.69, 9.17) is 0 Å². The molecule has 1 atom stereocenters. The van der Waals surface area contributed by atoms with Crippen molar-refractivity contribution in [3.63, 3.8) is 0 Å².